The summed E-state index contributed by atoms with van der Waals surface area (Å²) in [5.74, 6) is 1.25. The van der Waals surface area contributed by atoms with Crippen molar-refractivity contribution in [3.63, 3.8) is 0 Å². The number of nitrogens with zero attached hydrogens (tertiary/aromatic N) is 5. The molecule has 0 N–H and O–H groups in total. The minimum atomic E-state index is -0.0485. The van der Waals surface area contributed by atoms with Crippen LogP contribution >= 0.6 is 0 Å². The van der Waals surface area contributed by atoms with Gasteiger partial charge in [0.05, 0.1) is 6.20 Å². The molecular formula is C17H21N5O2. The maximum atomic E-state index is 12.4. The topological polar surface area (TPSA) is 75.4 Å². The van der Waals surface area contributed by atoms with Crippen LogP contribution in [0.25, 0.3) is 0 Å². The Morgan fingerprint density at radius 1 is 1.42 bits per heavy atom. The van der Waals surface area contributed by atoms with Crippen molar-refractivity contribution in [3.8, 4) is 0 Å². The Balaban J connectivity index is 1.38. The van der Waals surface area contributed by atoms with Gasteiger partial charge in [0.2, 0.25) is 5.76 Å². The van der Waals surface area contributed by atoms with Gasteiger partial charge in [0.25, 0.3) is 5.91 Å². The van der Waals surface area contributed by atoms with E-state index in [-0.39, 0.29) is 11.3 Å². The molecule has 2 fully saturated rings. The number of likely N-dealkylation sites (tertiary alicyclic amines) is 1. The summed E-state index contributed by atoms with van der Waals surface area (Å²) in [5.41, 5.74) is 1.22. The molecular weight excluding hydrogens is 306 g/mol. The molecule has 1 spiro atoms. The minimum Gasteiger partial charge on any atom is -0.357 e. The van der Waals surface area contributed by atoms with E-state index >= 15 is 0 Å². The zero-order valence-corrected chi connectivity index (χ0v) is 14.0. The lowest BCUT2D eigenvalue weighted by Gasteiger charge is -2.49. The highest BCUT2D eigenvalue weighted by Gasteiger charge is 2.51. The molecule has 2 aromatic rings. The molecule has 0 aromatic carbocycles. The second-order valence-corrected chi connectivity index (χ2v) is 7.04. The lowest BCUT2D eigenvalue weighted by Crippen LogP contribution is -2.51. The van der Waals surface area contributed by atoms with Crippen molar-refractivity contribution in [1.29, 1.82) is 0 Å². The van der Waals surface area contributed by atoms with E-state index in [1.54, 1.807) is 12.4 Å². The first-order valence-corrected chi connectivity index (χ1v) is 8.28. The maximum absolute atomic E-state index is 12.4. The summed E-state index contributed by atoms with van der Waals surface area (Å²) in [7, 11) is 2.09. The van der Waals surface area contributed by atoms with E-state index in [4.69, 9.17) is 4.52 Å². The Hall–Kier alpha value is -2.44. The minimum absolute atomic E-state index is 0.0485. The van der Waals surface area contributed by atoms with Crippen molar-refractivity contribution in [2.45, 2.75) is 32.2 Å². The van der Waals surface area contributed by atoms with Crippen molar-refractivity contribution < 1.29 is 9.32 Å². The van der Waals surface area contributed by atoms with Gasteiger partial charge in [-0.2, -0.15) is 0 Å². The van der Waals surface area contributed by atoms with E-state index in [2.05, 4.69) is 27.1 Å². The number of aryl methyl sites for hydroxylation is 1. The van der Waals surface area contributed by atoms with Gasteiger partial charge in [0, 0.05) is 44.0 Å². The standard InChI is InChI=1S/C17H21N5O2/c1-12-7-15(19-11-18-12)21(2)13-8-17(9-13)4-6-22(10-17)16(23)14-3-5-20-24-14/h3,5,7,11,13H,4,6,8-10H2,1-2H3. The van der Waals surface area contributed by atoms with Crippen LogP contribution in [0.3, 0.4) is 0 Å². The van der Waals surface area contributed by atoms with Crippen molar-refractivity contribution in [2.24, 2.45) is 5.41 Å². The second-order valence-electron chi connectivity index (χ2n) is 7.04. The van der Waals surface area contributed by atoms with Crippen LogP contribution in [0.15, 0.2) is 29.2 Å². The SMILES string of the molecule is Cc1cc(N(C)C2CC3(CCN(C(=O)c4ccno4)C3)C2)ncn1. The van der Waals surface area contributed by atoms with E-state index in [0.717, 1.165) is 43.9 Å². The van der Waals surface area contributed by atoms with E-state index in [1.807, 2.05) is 17.9 Å². The van der Waals surface area contributed by atoms with E-state index in [9.17, 15) is 4.79 Å². The van der Waals surface area contributed by atoms with Gasteiger partial charge in [0.1, 0.15) is 12.1 Å². The largest absolute Gasteiger partial charge is 0.357 e. The molecule has 1 amide bonds. The number of hydrogen-bond donors (Lipinski definition) is 0. The molecule has 7 nitrogen and oxygen atoms in total. The summed E-state index contributed by atoms with van der Waals surface area (Å²) < 4.78 is 4.99. The molecule has 1 aliphatic carbocycles. The number of rotatable bonds is 3. The molecule has 7 heteroatoms. The Labute approximate surface area is 140 Å². The van der Waals surface area contributed by atoms with Crippen molar-refractivity contribution in [3.05, 3.63) is 36.1 Å². The summed E-state index contributed by atoms with van der Waals surface area (Å²) in [4.78, 5) is 25.0. The highest BCUT2D eigenvalue weighted by atomic mass is 16.5. The third-order valence-electron chi connectivity index (χ3n) is 5.41. The average molecular weight is 327 g/mol. The van der Waals surface area contributed by atoms with Crippen LogP contribution in [0.2, 0.25) is 0 Å². The first kappa shape index (κ1) is 15.1. The fraction of sp³-hybridized carbons (Fsp3) is 0.529. The Morgan fingerprint density at radius 3 is 2.96 bits per heavy atom. The van der Waals surface area contributed by atoms with Gasteiger partial charge in [-0.15, -0.1) is 0 Å². The van der Waals surface area contributed by atoms with Gasteiger partial charge in [-0.25, -0.2) is 9.97 Å². The summed E-state index contributed by atoms with van der Waals surface area (Å²) in [6.07, 6.45) is 6.36. The van der Waals surface area contributed by atoms with Crippen LogP contribution in [0, 0.1) is 12.3 Å². The smallest absolute Gasteiger partial charge is 0.292 e. The van der Waals surface area contributed by atoms with Crippen LogP contribution in [-0.2, 0) is 0 Å². The summed E-state index contributed by atoms with van der Waals surface area (Å²) in [5, 5.41) is 3.62. The number of carbonyl (C=O) groups is 1. The van der Waals surface area contributed by atoms with Crippen LogP contribution in [0.5, 0.6) is 0 Å². The van der Waals surface area contributed by atoms with Gasteiger partial charge < -0.3 is 14.3 Å². The van der Waals surface area contributed by atoms with Gasteiger partial charge in [-0.1, -0.05) is 5.16 Å². The van der Waals surface area contributed by atoms with Crippen LogP contribution in [0.4, 0.5) is 5.82 Å². The van der Waals surface area contributed by atoms with E-state index in [1.165, 1.54) is 6.20 Å². The van der Waals surface area contributed by atoms with Crippen LogP contribution in [-0.4, -0.2) is 52.1 Å². The molecule has 1 aliphatic heterocycles. The number of amides is 1. The van der Waals surface area contributed by atoms with Crippen LogP contribution in [0.1, 0.15) is 35.5 Å². The van der Waals surface area contributed by atoms with Crippen molar-refractivity contribution in [1.82, 2.24) is 20.0 Å². The Morgan fingerprint density at radius 2 is 2.25 bits per heavy atom. The number of hydrogen-bond acceptors (Lipinski definition) is 6. The maximum Gasteiger partial charge on any atom is 0.292 e. The molecule has 1 saturated carbocycles. The van der Waals surface area contributed by atoms with Gasteiger partial charge in [0.15, 0.2) is 0 Å². The predicted molar refractivity (Wildman–Crippen MR) is 87.7 cm³/mol. The predicted octanol–water partition coefficient (Wildman–Crippen LogP) is 1.90. The third kappa shape index (κ3) is 2.53. The molecule has 0 unspecified atom stereocenters. The second kappa shape index (κ2) is 5.58. The third-order valence-corrected chi connectivity index (χ3v) is 5.41. The Kier molecular flexibility index (Phi) is 3.51. The zero-order valence-electron chi connectivity index (χ0n) is 14.0. The average Bonchev–Trinajstić information content (AvgIpc) is 3.22. The van der Waals surface area contributed by atoms with Crippen molar-refractivity contribution >= 4 is 11.7 Å². The highest BCUT2D eigenvalue weighted by molar-refractivity contribution is 5.91. The number of anilines is 1. The quantitative estimate of drug-likeness (QED) is 0.857. The highest BCUT2D eigenvalue weighted by Crippen LogP contribution is 2.50. The molecule has 0 radical (unpaired) electrons. The molecule has 2 aromatic heterocycles. The summed E-state index contributed by atoms with van der Waals surface area (Å²) >= 11 is 0. The molecule has 3 heterocycles. The monoisotopic (exact) mass is 327 g/mol. The van der Waals surface area contributed by atoms with E-state index in [0.29, 0.717) is 11.8 Å². The molecule has 4 rings (SSSR count). The van der Waals surface area contributed by atoms with Crippen LogP contribution < -0.4 is 4.90 Å². The molecule has 2 aliphatic rings. The lowest BCUT2D eigenvalue weighted by atomic mass is 9.64. The first-order valence-electron chi connectivity index (χ1n) is 8.28. The fourth-order valence-corrected chi connectivity index (χ4v) is 3.96. The number of aromatic nitrogens is 3. The van der Waals surface area contributed by atoms with Gasteiger partial charge in [-0.05, 0) is 31.6 Å². The Bertz CT molecular complexity index is 739. The molecule has 0 atom stereocenters. The molecule has 0 bridgehead atoms. The van der Waals surface area contributed by atoms with Gasteiger partial charge in [-0.3, -0.25) is 4.79 Å². The summed E-state index contributed by atoms with van der Waals surface area (Å²) in [6.45, 7) is 3.58. The molecule has 1 saturated heterocycles. The molecule has 24 heavy (non-hydrogen) atoms. The lowest BCUT2D eigenvalue weighted by molar-refractivity contribution is 0.0662. The van der Waals surface area contributed by atoms with Crippen molar-refractivity contribution in [2.75, 3.05) is 25.0 Å². The number of carbonyl (C=O) groups excluding carboxylic acids is 1. The van der Waals surface area contributed by atoms with Gasteiger partial charge >= 0.3 is 0 Å². The molecule has 126 valence electrons. The normalized spacial score (nSPS) is 25.8. The first-order chi connectivity index (χ1) is 11.6. The van der Waals surface area contributed by atoms with E-state index < -0.39 is 0 Å². The fourth-order valence-electron chi connectivity index (χ4n) is 3.96. The zero-order chi connectivity index (χ0) is 16.7. The summed E-state index contributed by atoms with van der Waals surface area (Å²) in [6, 6.07) is 4.11.